The number of hydrogen-bond donors (Lipinski definition) is 0. The van der Waals surface area contributed by atoms with E-state index < -0.39 is 0 Å². The van der Waals surface area contributed by atoms with Crippen LogP contribution >= 0.6 is 15.9 Å². The van der Waals surface area contributed by atoms with Crippen LogP contribution in [0.2, 0.25) is 0 Å². The van der Waals surface area contributed by atoms with E-state index in [1.54, 1.807) is 0 Å². The molecule has 0 aromatic heterocycles. The fourth-order valence-corrected chi connectivity index (χ4v) is 1.41. The Morgan fingerprint density at radius 2 is 2.07 bits per heavy atom. The van der Waals surface area contributed by atoms with Crippen LogP contribution in [0.3, 0.4) is 0 Å². The lowest BCUT2D eigenvalue weighted by molar-refractivity contribution is 0.260. The van der Waals surface area contributed by atoms with Crippen molar-refractivity contribution in [3.05, 3.63) is 28.2 Å². The van der Waals surface area contributed by atoms with E-state index in [4.69, 9.17) is 4.74 Å². The maximum absolute atomic E-state index is 5.66. The Kier molecular flexibility index (Phi) is 4.42. The summed E-state index contributed by atoms with van der Waals surface area (Å²) in [5, 5.41) is 0. The minimum absolute atomic E-state index is 0.726. The monoisotopic (exact) mass is 257 g/mol. The molecule has 0 bridgehead atoms. The molecule has 0 heterocycles. The van der Waals surface area contributed by atoms with Crippen LogP contribution in [0.5, 0.6) is 5.75 Å². The molecular weight excluding hydrogens is 242 g/mol. The van der Waals surface area contributed by atoms with Gasteiger partial charge in [-0.15, -0.1) is 0 Å². The van der Waals surface area contributed by atoms with Crippen molar-refractivity contribution in [1.82, 2.24) is 4.90 Å². The van der Waals surface area contributed by atoms with Gasteiger partial charge in [0.05, 0.1) is 0 Å². The highest BCUT2D eigenvalue weighted by Crippen LogP contribution is 2.22. The molecular formula is C11H16BrNO. The standard InChI is InChI=1S/C11H16BrNO/c1-9-4-5-10(12)8-11(9)14-7-6-13(2)3/h4-5,8H,6-7H2,1-3H3. The first kappa shape index (κ1) is 11.5. The second-order valence-corrected chi connectivity index (χ2v) is 4.48. The second-order valence-electron chi connectivity index (χ2n) is 3.56. The highest BCUT2D eigenvalue weighted by molar-refractivity contribution is 9.10. The van der Waals surface area contributed by atoms with E-state index in [1.807, 2.05) is 26.2 Å². The van der Waals surface area contributed by atoms with Gasteiger partial charge in [-0.1, -0.05) is 22.0 Å². The average molecular weight is 258 g/mol. The minimum atomic E-state index is 0.726. The van der Waals surface area contributed by atoms with Gasteiger partial charge in [0, 0.05) is 11.0 Å². The quantitative estimate of drug-likeness (QED) is 0.823. The fraction of sp³-hybridized carbons (Fsp3) is 0.455. The lowest BCUT2D eigenvalue weighted by Gasteiger charge is -2.12. The molecule has 0 unspecified atom stereocenters. The van der Waals surface area contributed by atoms with E-state index in [0.717, 1.165) is 23.4 Å². The molecule has 1 aromatic carbocycles. The minimum Gasteiger partial charge on any atom is -0.492 e. The number of halogens is 1. The van der Waals surface area contributed by atoms with Gasteiger partial charge in [0.1, 0.15) is 12.4 Å². The predicted octanol–water partition coefficient (Wildman–Crippen LogP) is 2.70. The Morgan fingerprint density at radius 1 is 1.36 bits per heavy atom. The van der Waals surface area contributed by atoms with Gasteiger partial charge >= 0.3 is 0 Å². The van der Waals surface area contributed by atoms with Gasteiger partial charge in [0.25, 0.3) is 0 Å². The summed E-state index contributed by atoms with van der Waals surface area (Å²) in [5.41, 5.74) is 1.17. The molecule has 2 nitrogen and oxygen atoms in total. The third kappa shape index (κ3) is 3.68. The number of likely N-dealkylation sites (N-methyl/N-ethyl adjacent to an activating group) is 1. The van der Waals surface area contributed by atoms with Crippen molar-refractivity contribution >= 4 is 15.9 Å². The smallest absolute Gasteiger partial charge is 0.123 e. The first-order valence-corrected chi connectivity index (χ1v) is 5.42. The van der Waals surface area contributed by atoms with E-state index in [0.29, 0.717) is 0 Å². The molecule has 78 valence electrons. The largest absolute Gasteiger partial charge is 0.492 e. The highest BCUT2D eigenvalue weighted by atomic mass is 79.9. The third-order valence-electron chi connectivity index (χ3n) is 1.95. The van der Waals surface area contributed by atoms with Crippen molar-refractivity contribution in [2.45, 2.75) is 6.92 Å². The summed E-state index contributed by atoms with van der Waals surface area (Å²) in [4.78, 5) is 2.10. The summed E-state index contributed by atoms with van der Waals surface area (Å²) in [7, 11) is 4.08. The molecule has 0 saturated carbocycles. The van der Waals surface area contributed by atoms with Crippen LogP contribution in [0.15, 0.2) is 22.7 Å². The number of benzene rings is 1. The second kappa shape index (κ2) is 5.37. The first-order valence-electron chi connectivity index (χ1n) is 4.63. The summed E-state index contributed by atoms with van der Waals surface area (Å²) >= 11 is 3.43. The molecule has 0 saturated heterocycles. The van der Waals surface area contributed by atoms with Crippen LogP contribution in [-0.2, 0) is 0 Å². The number of nitrogens with zero attached hydrogens (tertiary/aromatic N) is 1. The molecule has 0 spiro atoms. The Bertz CT molecular complexity index is 299. The van der Waals surface area contributed by atoms with Gasteiger partial charge in [-0.25, -0.2) is 0 Å². The van der Waals surface area contributed by atoms with E-state index in [-0.39, 0.29) is 0 Å². The number of hydrogen-bond acceptors (Lipinski definition) is 2. The summed E-state index contributed by atoms with van der Waals surface area (Å²) in [6, 6.07) is 6.08. The summed E-state index contributed by atoms with van der Waals surface area (Å²) in [6.45, 7) is 3.72. The number of ether oxygens (including phenoxy) is 1. The SMILES string of the molecule is Cc1ccc(Br)cc1OCCN(C)C. The molecule has 0 aliphatic heterocycles. The first-order chi connectivity index (χ1) is 6.59. The predicted molar refractivity (Wildman–Crippen MR) is 62.9 cm³/mol. The number of rotatable bonds is 4. The molecule has 0 fully saturated rings. The van der Waals surface area contributed by atoms with Crippen molar-refractivity contribution in [1.29, 1.82) is 0 Å². The molecule has 14 heavy (non-hydrogen) atoms. The average Bonchev–Trinajstić information content (AvgIpc) is 2.10. The summed E-state index contributed by atoms with van der Waals surface area (Å²) in [6.07, 6.45) is 0. The van der Waals surface area contributed by atoms with Crippen LogP contribution < -0.4 is 4.74 Å². The van der Waals surface area contributed by atoms with Crippen molar-refractivity contribution in [3.63, 3.8) is 0 Å². The molecule has 0 atom stereocenters. The Hall–Kier alpha value is -0.540. The molecule has 0 radical (unpaired) electrons. The molecule has 1 aromatic rings. The molecule has 0 amide bonds. The van der Waals surface area contributed by atoms with Crippen LogP contribution in [0, 0.1) is 6.92 Å². The zero-order valence-electron chi connectivity index (χ0n) is 8.88. The van der Waals surface area contributed by atoms with E-state index >= 15 is 0 Å². The van der Waals surface area contributed by atoms with Crippen molar-refractivity contribution in [2.24, 2.45) is 0 Å². The van der Waals surface area contributed by atoms with E-state index in [2.05, 4.69) is 33.8 Å². The van der Waals surface area contributed by atoms with Gasteiger partial charge in [-0.3, -0.25) is 0 Å². The molecule has 0 N–H and O–H groups in total. The summed E-state index contributed by atoms with van der Waals surface area (Å²) in [5.74, 6) is 0.959. The molecule has 0 aliphatic rings. The zero-order chi connectivity index (χ0) is 10.6. The van der Waals surface area contributed by atoms with E-state index in [1.165, 1.54) is 5.56 Å². The molecule has 1 rings (SSSR count). The normalized spacial score (nSPS) is 10.6. The number of aryl methyl sites for hydroxylation is 1. The lowest BCUT2D eigenvalue weighted by Crippen LogP contribution is -2.19. The molecule has 3 heteroatoms. The Balaban J connectivity index is 2.53. The van der Waals surface area contributed by atoms with Crippen LogP contribution in [0.25, 0.3) is 0 Å². The van der Waals surface area contributed by atoms with Gasteiger partial charge in [0.15, 0.2) is 0 Å². The fourth-order valence-electron chi connectivity index (χ4n) is 1.07. The molecule has 0 aliphatic carbocycles. The Labute approximate surface area is 94.0 Å². The van der Waals surface area contributed by atoms with E-state index in [9.17, 15) is 0 Å². The topological polar surface area (TPSA) is 12.5 Å². The van der Waals surface area contributed by atoms with Crippen LogP contribution in [-0.4, -0.2) is 32.1 Å². The maximum atomic E-state index is 5.66. The van der Waals surface area contributed by atoms with Gasteiger partial charge in [-0.05, 0) is 38.7 Å². The third-order valence-corrected chi connectivity index (χ3v) is 2.44. The van der Waals surface area contributed by atoms with Crippen molar-refractivity contribution in [2.75, 3.05) is 27.2 Å². The summed E-state index contributed by atoms with van der Waals surface area (Å²) < 4.78 is 6.72. The van der Waals surface area contributed by atoms with Crippen molar-refractivity contribution < 1.29 is 4.74 Å². The van der Waals surface area contributed by atoms with Crippen LogP contribution in [0.1, 0.15) is 5.56 Å². The van der Waals surface area contributed by atoms with Gasteiger partial charge < -0.3 is 9.64 Å². The lowest BCUT2D eigenvalue weighted by atomic mass is 10.2. The Morgan fingerprint density at radius 3 is 2.71 bits per heavy atom. The maximum Gasteiger partial charge on any atom is 0.123 e. The van der Waals surface area contributed by atoms with Gasteiger partial charge in [-0.2, -0.15) is 0 Å². The van der Waals surface area contributed by atoms with Gasteiger partial charge in [0.2, 0.25) is 0 Å². The highest BCUT2D eigenvalue weighted by Gasteiger charge is 2.00. The van der Waals surface area contributed by atoms with Crippen molar-refractivity contribution in [3.8, 4) is 5.75 Å². The zero-order valence-corrected chi connectivity index (χ0v) is 10.5. The van der Waals surface area contributed by atoms with Crippen LogP contribution in [0.4, 0.5) is 0 Å².